The Labute approximate surface area is 133 Å². The summed E-state index contributed by atoms with van der Waals surface area (Å²) in [7, 11) is 3.04. The molecule has 0 spiro atoms. The molecule has 122 valence electrons. The maximum atomic E-state index is 12.6. The highest BCUT2D eigenvalue weighted by molar-refractivity contribution is 5.97. The number of H-pyrrole nitrogens is 1. The molecule has 1 aromatic carbocycles. The van der Waals surface area contributed by atoms with Crippen molar-refractivity contribution in [1.82, 2.24) is 10.3 Å². The van der Waals surface area contributed by atoms with Gasteiger partial charge in [-0.3, -0.25) is 9.59 Å². The van der Waals surface area contributed by atoms with Crippen molar-refractivity contribution in [1.29, 1.82) is 0 Å². The Morgan fingerprint density at radius 3 is 2.48 bits per heavy atom. The standard InChI is InChI=1S/C17H20N2O4/c1-22-14-7-11-13(8-15(14)23-2)18-9-12(16(11)20)17(21)19-10-5-3-4-6-10/h7-10H,3-6H2,1-2H3,(H,18,20)(H,19,21). The first-order valence-corrected chi connectivity index (χ1v) is 7.72. The van der Waals surface area contributed by atoms with Gasteiger partial charge in [0.15, 0.2) is 11.5 Å². The van der Waals surface area contributed by atoms with Crippen LogP contribution in [-0.2, 0) is 0 Å². The quantitative estimate of drug-likeness (QED) is 0.906. The lowest BCUT2D eigenvalue weighted by atomic mass is 10.1. The van der Waals surface area contributed by atoms with Gasteiger partial charge in [-0.1, -0.05) is 12.8 Å². The van der Waals surface area contributed by atoms with Crippen LogP contribution in [0.4, 0.5) is 0 Å². The van der Waals surface area contributed by atoms with E-state index >= 15 is 0 Å². The third-order valence-corrected chi connectivity index (χ3v) is 4.32. The molecule has 1 amide bonds. The summed E-state index contributed by atoms with van der Waals surface area (Å²) in [6.07, 6.45) is 5.65. The fraction of sp³-hybridized carbons (Fsp3) is 0.412. The molecule has 1 aliphatic carbocycles. The third-order valence-electron chi connectivity index (χ3n) is 4.32. The van der Waals surface area contributed by atoms with Gasteiger partial charge in [0.2, 0.25) is 5.43 Å². The summed E-state index contributed by atoms with van der Waals surface area (Å²) >= 11 is 0. The van der Waals surface area contributed by atoms with Crippen LogP contribution in [0.1, 0.15) is 36.0 Å². The van der Waals surface area contributed by atoms with Crippen molar-refractivity contribution in [2.45, 2.75) is 31.7 Å². The number of pyridine rings is 1. The van der Waals surface area contributed by atoms with E-state index in [1.807, 2.05) is 0 Å². The van der Waals surface area contributed by atoms with Crippen molar-refractivity contribution < 1.29 is 14.3 Å². The molecule has 1 aromatic heterocycles. The predicted octanol–water partition coefficient (Wildman–Crippen LogP) is 2.22. The zero-order valence-corrected chi connectivity index (χ0v) is 13.3. The van der Waals surface area contributed by atoms with Gasteiger partial charge >= 0.3 is 0 Å². The molecule has 1 aliphatic rings. The number of hydrogen-bond acceptors (Lipinski definition) is 4. The molecule has 0 saturated heterocycles. The maximum Gasteiger partial charge on any atom is 0.256 e. The van der Waals surface area contributed by atoms with Crippen LogP contribution in [0.15, 0.2) is 23.1 Å². The number of nitrogens with one attached hydrogen (secondary N) is 2. The number of aromatic nitrogens is 1. The van der Waals surface area contributed by atoms with Crippen LogP contribution >= 0.6 is 0 Å². The van der Waals surface area contributed by atoms with Crippen LogP contribution in [0.25, 0.3) is 10.9 Å². The Kier molecular flexibility index (Phi) is 4.23. The SMILES string of the molecule is COc1cc2[nH]cc(C(=O)NC3CCCC3)c(=O)c2cc1OC. The van der Waals surface area contributed by atoms with E-state index in [9.17, 15) is 9.59 Å². The van der Waals surface area contributed by atoms with Crippen LogP contribution < -0.4 is 20.2 Å². The van der Waals surface area contributed by atoms with E-state index in [1.165, 1.54) is 20.4 Å². The number of carbonyl (C=O) groups excluding carboxylic acids is 1. The summed E-state index contributed by atoms with van der Waals surface area (Å²) in [6.45, 7) is 0. The van der Waals surface area contributed by atoms with Gasteiger partial charge in [-0.05, 0) is 18.9 Å². The second kappa shape index (κ2) is 6.32. The number of fused-ring (bicyclic) bond motifs is 1. The lowest BCUT2D eigenvalue weighted by Gasteiger charge is -2.12. The molecule has 0 radical (unpaired) electrons. The van der Waals surface area contributed by atoms with Crippen LogP contribution in [0.3, 0.4) is 0 Å². The first-order valence-electron chi connectivity index (χ1n) is 7.72. The molecule has 23 heavy (non-hydrogen) atoms. The smallest absolute Gasteiger partial charge is 0.256 e. The molecular formula is C17H20N2O4. The maximum absolute atomic E-state index is 12.6. The summed E-state index contributed by atoms with van der Waals surface area (Å²) in [4.78, 5) is 28.0. The van der Waals surface area contributed by atoms with Gasteiger partial charge in [0.1, 0.15) is 5.56 Å². The van der Waals surface area contributed by atoms with E-state index in [2.05, 4.69) is 10.3 Å². The first-order chi connectivity index (χ1) is 11.1. The zero-order chi connectivity index (χ0) is 16.4. The van der Waals surface area contributed by atoms with Crippen molar-refractivity contribution in [2.75, 3.05) is 14.2 Å². The van der Waals surface area contributed by atoms with Gasteiger partial charge in [0, 0.05) is 18.3 Å². The average molecular weight is 316 g/mol. The molecule has 1 fully saturated rings. The Bertz CT molecular complexity index is 791. The Morgan fingerprint density at radius 2 is 1.83 bits per heavy atom. The first kappa shape index (κ1) is 15.4. The lowest BCUT2D eigenvalue weighted by Crippen LogP contribution is -2.35. The Balaban J connectivity index is 2.00. The van der Waals surface area contributed by atoms with Crippen molar-refractivity contribution in [3.63, 3.8) is 0 Å². The third kappa shape index (κ3) is 2.88. The monoisotopic (exact) mass is 316 g/mol. The van der Waals surface area contributed by atoms with Gasteiger partial charge in [-0.2, -0.15) is 0 Å². The molecule has 0 bridgehead atoms. The number of methoxy groups -OCH3 is 2. The minimum atomic E-state index is -0.324. The van der Waals surface area contributed by atoms with Gasteiger partial charge in [-0.25, -0.2) is 0 Å². The van der Waals surface area contributed by atoms with Crippen molar-refractivity contribution in [3.05, 3.63) is 34.1 Å². The summed E-state index contributed by atoms with van der Waals surface area (Å²) < 4.78 is 10.5. The van der Waals surface area contributed by atoms with Crippen LogP contribution in [0, 0.1) is 0 Å². The van der Waals surface area contributed by atoms with Gasteiger partial charge in [0.05, 0.1) is 25.1 Å². The highest BCUT2D eigenvalue weighted by atomic mass is 16.5. The molecule has 2 aromatic rings. The van der Waals surface area contributed by atoms with E-state index in [4.69, 9.17) is 9.47 Å². The van der Waals surface area contributed by atoms with Gasteiger partial charge in [0.25, 0.3) is 5.91 Å². The number of ether oxygens (including phenoxy) is 2. The average Bonchev–Trinajstić information content (AvgIpc) is 3.06. The molecule has 1 heterocycles. The predicted molar refractivity (Wildman–Crippen MR) is 87.4 cm³/mol. The number of rotatable bonds is 4. The summed E-state index contributed by atoms with van der Waals surface area (Å²) in [5.74, 6) is 0.660. The van der Waals surface area contributed by atoms with E-state index in [-0.39, 0.29) is 22.9 Å². The highest BCUT2D eigenvalue weighted by Gasteiger charge is 2.20. The minimum absolute atomic E-state index is 0.122. The molecule has 3 rings (SSSR count). The molecule has 6 heteroatoms. The second-order valence-corrected chi connectivity index (χ2v) is 5.74. The summed E-state index contributed by atoms with van der Waals surface area (Å²) in [5, 5.41) is 3.34. The summed E-state index contributed by atoms with van der Waals surface area (Å²) in [6, 6.07) is 3.45. The van der Waals surface area contributed by atoms with E-state index in [1.54, 1.807) is 12.1 Å². The molecule has 6 nitrogen and oxygen atoms in total. The van der Waals surface area contributed by atoms with Crippen molar-refractivity contribution >= 4 is 16.8 Å². The van der Waals surface area contributed by atoms with Gasteiger partial charge in [-0.15, -0.1) is 0 Å². The number of benzene rings is 1. The zero-order valence-electron chi connectivity index (χ0n) is 13.3. The number of carbonyl (C=O) groups is 1. The number of hydrogen-bond donors (Lipinski definition) is 2. The number of amides is 1. The van der Waals surface area contributed by atoms with E-state index < -0.39 is 0 Å². The molecule has 0 atom stereocenters. The number of aromatic amines is 1. The Morgan fingerprint density at radius 1 is 1.17 bits per heavy atom. The molecule has 2 N–H and O–H groups in total. The minimum Gasteiger partial charge on any atom is -0.493 e. The van der Waals surface area contributed by atoms with Crippen molar-refractivity contribution in [2.24, 2.45) is 0 Å². The van der Waals surface area contributed by atoms with Crippen molar-refractivity contribution in [3.8, 4) is 11.5 Å². The lowest BCUT2D eigenvalue weighted by molar-refractivity contribution is 0.0936. The topological polar surface area (TPSA) is 80.4 Å². The fourth-order valence-electron chi connectivity index (χ4n) is 3.05. The second-order valence-electron chi connectivity index (χ2n) is 5.74. The van der Waals surface area contributed by atoms with Crippen LogP contribution in [0.5, 0.6) is 11.5 Å². The molecule has 0 aliphatic heterocycles. The van der Waals surface area contributed by atoms with E-state index in [0.717, 1.165) is 25.7 Å². The largest absolute Gasteiger partial charge is 0.493 e. The normalized spacial score (nSPS) is 14.9. The molecule has 0 unspecified atom stereocenters. The summed E-state index contributed by atoms with van der Waals surface area (Å²) in [5.41, 5.74) is 0.414. The van der Waals surface area contributed by atoms with Crippen LogP contribution in [0.2, 0.25) is 0 Å². The molecule has 1 saturated carbocycles. The van der Waals surface area contributed by atoms with E-state index in [0.29, 0.717) is 22.4 Å². The Hall–Kier alpha value is -2.50. The highest BCUT2D eigenvalue weighted by Crippen LogP contribution is 2.30. The molecular weight excluding hydrogens is 296 g/mol. The van der Waals surface area contributed by atoms with Crippen LogP contribution in [-0.4, -0.2) is 31.2 Å². The fourth-order valence-corrected chi connectivity index (χ4v) is 3.05. The van der Waals surface area contributed by atoms with Gasteiger partial charge < -0.3 is 19.8 Å².